The minimum atomic E-state index is -0.788. The maximum absolute atomic E-state index is 13.5. The van der Waals surface area contributed by atoms with Gasteiger partial charge in [-0.1, -0.05) is 0 Å². The number of halogens is 2. The molecule has 2 aromatic rings. The zero-order valence-corrected chi connectivity index (χ0v) is 8.91. The first-order valence-electron chi connectivity index (χ1n) is 4.75. The van der Waals surface area contributed by atoms with Crippen LogP contribution in [0.1, 0.15) is 11.3 Å². The largest absolute Gasteiger partial charge is 0.382 e. The Hall–Kier alpha value is -2.42. The molecule has 0 aliphatic carbocycles. The number of nitriles is 1. The van der Waals surface area contributed by atoms with Gasteiger partial charge in [-0.2, -0.15) is 10.4 Å². The summed E-state index contributed by atoms with van der Waals surface area (Å²) in [5.74, 6) is -1.44. The molecule has 0 aliphatic heterocycles. The zero-order chi connectivity index (χ0) is 12.6. The number of nitrogen functional groups attached to an aromatic ring is 1. The van der Waals surface area contributed by atoms with Crippen molar-refractivity contribution in [3.05, 3.63) is 41.1 Å². The van der Waals surface area contributed by atoms with Gasteiger partial charge in [-0.15, -0.1) is 0 Å². The van der Waals surface area contributed by atoms with Crippen LogP contribution in [0.4, 0.5) is 14.6 Å². The monoisotopic (exact) mass is 234 g/mol. The molecule has 0 spiro atoms. The Balaban J connectivity index is 2.66. The number of benzene rings is 1. The fourth-order valence-electron chi connectivity index (χ4n) is 1.52. The molecule has 0 bridgehead atoms. The van der Waals surface area contributed by atoms with Crippen molar-refractivity contribution in [3.8, 4) is 11.8 Å². The number of aryl methyl sites for hydroxylation is 1. The number of hydrogen-bond donors (Lipinski definition) is 1. The second-order valence-corrected chi connectivity index (χ2v) is 3.46. The van der Waals surface area contributed by atoms with E-state index in [1.807, 2.05) is 6.07 Å². The minimum Gasteiger partial charge on any atom is -0.382 e. The molecule has 1 aromatic heterocycles. The van der Waals surface area contributed by atoms with Crippen LogP contribution in [0.5, 0.6) is 0 Å². The van der Waals surface area contributed by atoms with E-state index in [4.69, 9.17) is 11.0 Å². The highest BCUT2D eigenvalue weighted by atomic mass is 19.1. The smallest absolute Gasteiger partial charge is 0.151 e. The topological polar surface area (TPSA) is 67.6 Å². The number of nitrogens with two attached hydrogens (primary N) is 1. The van der Waals surface area contributed by atoms with Crippen molar-refractivity contribution < 1.29 is 8.78 Å². The summed E-state index contributed by atoms with van der Waals surface area (Å²) in [5.41, 5.74) is 6.26. The van der Waals surface area contributed by atoms with E-state index in [0.29, 0.717) is 5.69 Å². The number of anilines is 1. The van der Waals surface area contributed by atoms with E-state index >= 15 is 0 Å². The number of aromatic nitrogens is 2. The van der Waals surface area contributed by atoms with Crippen molar-refractivity contribution >= 4 is 5.82 Å². The molecule has 0 amide bonds. The second-order valence-electron chi connectivity index (χ2n) is 3.46. The predicted octanol–water partition coefficient (Wildman–Crippen LogP) is 1.91. The number of hydrogen-bond acceptors (Lipinski definition) is 3. The van der Waals surface area contributed by atoms with Gasteiger partial charge in [0.25, 0.3) is 0 Å². The van der Waals surface area contributed by atoms with Crippen LogP contribution in [0.2, 0.25) is 0 Å². The van der Waals surface area contributed by atoms with Crippen LogP contribution in [0.15, 0.2) is 18.2 Å². The highest BCUT2D eigenvalue weighted by molar-refractivity contribution is 5.56. The first-order valence-corrected chi connectivity index (χ1v) is 4.75. The van der Waals surface area contributed by atoms with Gasteiger partial charge in [0.1, 0.15) is 29.0 Å². The molecule has 0 unspecified atom stereocenters. The lowest BCUT2D eigenvalue weighted by molar-refractivity contribution is 0.574. The Morgan fingerprint density at radius 2 is 2.12 bits per heavy atom. The van der Waals surface area contributed by atoms with Crippen molar-refractivity contribution in [2.75, 3.05) is 5.73 Å². The maximum atomic E-state index is 13.5. The van der Waals surface area contributed by atoms with E-state index in [2.05, 4.69) is 5.10 Å². The maximum Gasteiger partial charge on any atom is 0.151 e. The van der Waals surface area contributed by atoms with Gasteiger partial charge < -0.3 is 5.73 Å². The van der Waals surface area contributed by atoms with Gasteiger partial charge in [0.15, 0.2) is 5.82 Å². The van der Waals surface area contributed by atoms with Crippen molar-refractivity contribution in [1.29, 1.82) is 5.26 Å². The normalized spacial score (nSPS) is 10.2. The molecule has 0 saturated heterocycles. The lowest BCUT2D eigenvalue weighted by Crippen LogP contribution is -2.05. The first-order chi connectivity index (χ1) is 8.04. The quantitative estimate of drug-likeness (QED) is 0.819. The summed E-state index contributed by atoms with van der Waals surface area (Å²) >= 11 is 0. The summed E-state index contributed by atoms with van der Waals surface area (Å²) in [6.07, 6.45) is 0. The van der Waals surface area contributed by atoms with Gasteiger partial charge in [-0.3, -0.25) is 0 Å². The second kappa shape index (κ2) is 3.87. The van der Waals surface area contributed by atoms with E-state index in [9.17, 15) is 8.78 Å². The molecule has 0 atom stereocenters. The highest BCUT2D eigenvalue weighted by Gasteiger charge is 2.16. The third kappa shape index (κ3) is 1.72. The first kappa shape index (κ1) is 11.1. The molecule has 1 aromatic carbocycles. The van der Waals surface area contributed by atoms with Crippen molar-refractivity contribution in [2.24, 2.45) is 0 Å². The van der Waals surface area contributed by atoms with Crippen molar-refractivity contribution in [2.45, 2.75) is 6.92 Å². The van der Waals surface area contributed by atoms with Gasteiger partial charge in [-0.25, -0.2) is 13.5 Å². The molecule has 6 heteroatoms. The average Bonchev–Trinajstić information content (AvgIpc) is 2.54. The van der Waals surface area contributed by atoms with Crippen LogP contribution in [-0.2, 0) is 0 Å². The molecule has 4 nitrogen and oxygen atoms in total. The van der Waals surface area contributed by atoms with Crippen molar-refractivity contribution in [3.63, 3.8) is 0 Å². The van der Waals surface area contributed by atoms with Gasteiger partial charge >= 0.3 is 0 Å². The van der Waals surface area contributed by atoms with E-state index in [-0.39, 0.29) is 17.1 Å². The standard InChI is InChI=1S/C11H8F2N4/c1-6-8(5-14)11(15)17(16-6)10-3-2-7(12)4-9(10)13/h2-4H,15H2,1H3. The van der Waals surface area contributed by atoms with E-state index in [0.717, 1.165) is 16.8 Å². The molecule has 17 heavy (non-hydrogen) atoms. The van der Waals surface area contributed by atoms with Gasteiger partial charge in [-0.05, 0) is 19.1 Å². The Morgan fingerprint density at radius 3 is 2.65 bits per heavy atom. The van der Waals surface area contributed by atoms with Crippen LogP contribution in [-0.4, -0.2) is 9.78 Å². The fourth-order valence-corrected chi connectivity index (χ4v) is 1.52. The number of nitrogens with zero attached hydrogens (tertiary/aromatic N) is 3. The lowest BCUT2D eigenvalue weighted by atomic mass is 10.2. The van der Waals surface area contributed by atoms with Crippen LogP contribution >= 0.6 is 0 Å². The van der Waals surface area contributed by atoms with E-state index in [1.165, 1.54) is 6.07 Å². The lowest BCUT2D eigenvalue weighted by Gasteiger charge is -2.05. The molecule has 2 rings (SSSR count). The molecule has 0 saturated carbocycles. The van der Waals surface area contributed by atoms with Gasteiger partial charge in [0.05, 0.1) is 5.69 Å². The summed E-state index contributed by atoms with van der Waals surface area (Å²) in [5, 5.41) is 12.8. The summed E-state index contributed by atoms with van der Waals surface area (Å²) in [7, 11) is 0. The molecule has 0 fully saturated rings. The Morgan fingerprint density at radius 1 is 1.41 bits per heavy atom. The van der Waals surface area contributed by atoms with Crippen LogP contribution in [0.25, 0.3) is 5.69 Å². The third-order valence-corrected chi connectivity index (χ3v) is 2.35. The summed E-state index contributed by atoms with van der Waals surface area (Å²) in [4.78, 5) is 0. The Kier molecular flexibility index (Phi) is 2.52. The average molecular weight is 234 g/mol. The molecular formula is C11H8F2N4. The van der Waals surface area contributed by atoms with Crippen LogP contribution < -0.4 is 5.73 Å². The number of rotatable bonds is 1. The molecule has 1 heterocycles. The molecule has 0 aliphatic rings. The van der Waals surface area contributed by atoms with Crippen LogP contribution in [0, 0.1) is 29.9 Å². The van der Waals surface area contributed by atoms with E-state index in [1.54, 1.807) is 6.92 Å². The summed E-state index contributed by atoms with van der Waals surface area (Å²) < 4.78 is 27.4. The van der Waals surface area contributed by atoms with Crippen LogP contribution in [0.3, 0.4) is 0 Å². The fraction of sp³-hybridized carbons (Fsp3) is 0.0909. The SMILES string of the molecule is Cc1nn(-c2ccc(F)cc2F)c(N)c1C#N. The van der Waals surface area contributed by atoms with Gasteiger partial charge in [0, 0.05) is 6.07 Å². The summed E-state index contributed by atoms with van der Waals surface area (Å²) in [6.45, 7) is 1.59. The van der Waals surface area contributed by atoms with Gasteiger partial charge in [0.2, 0.25) is 0 Å². The zero-order valence-electron chi connectivity index (χ0n) is 8.91. The molecule has 86 valence electrons. The predicted molar refractivity (Wildman–Crippen MR) is 57.3 cm³/mol. The minimum absolute atomic E-state index is 0.00787. The van der Waals surface area contributed by atoms with Crippen molar-refractivity contribution in [1.82, 2.24) is 9.78 Å². The Labute approximate surface area is 95.9 Å². The van der Waals surface area contributed by atoms with E-state index < -0.39 is 11.6 Å². The molecule has 0 radical (unpaired) electrons. The third-order valence-electron chi connectivity index (χ3n) is 2.35. The summed E-state index contributed by atoms with van der Waals surface area (Å²) in [6, 6.07) is 4.93. The highest BCUT2D eigenvalue weighted by Crippen LogP contribution is 2.22. The Bertz CT molecular complexity index is 625. The molecule has 2 N–H and O–H groups in total. The molecular weight excluding hydrogens is 226 g/mol.